The molecule has 3 aromatic carbocycles. The smallest absolute Gasteiger partial charge is 0.744 e. The van der Waals surface area contributed by atoms with Crippen LogP contribution in [0.1, 0.15) is 5.56 Å². The Morgan fingerprint density at radius 3 is 2.34 bits per heavy atom. The van der Waals surface area contributed by atoms with Crippen LogP contribution < -0.4 is 40.0 Å². The molecular formula is C21H17N4NaO4S2. The molecule has 0 saturated heterocycles. The molecule has 0 fully saturated rings. The van der Waals surface area contributed by atoms with Gasteiger partial charge in [0.15, 0.2) is 0 Å². The largest absolute Gasteiger partial charge is 1.00 e. The van der Waals surface area contributed by atoms with E-state index in [4.69, 9.17) is 10.5 Å². The molecule has 8 nitrogen and oxygen atoms in total. The number of methoxy groups -OCH3 is 1. The van der Waals surface area contributed by atoms with Crippen LogP contribution in [0.5, 0.6) is 5.75 Å². The summed E-state index contributed by atoms with van der Waals surface area (Å²) in [5.74, 6) is 0.525. The van der Waals surface area contributed by atoms with Crippen molar-refractivity contribution in [2.45, 2.75) is 11.8 Å². The molecule has 0 bridgehead atoms. The molecule has 0 aliphatic heterocycles. The second-order valence-corrected chi connectivity index (χ2v) is 9.02. The molecule has 0 aliphatic rings. The zero-order valence-corrected chi connectivity index (χ0v) is 21.2. The molecular weight excluding hydrogens is 459 g/mol. The zero-order valence-electron chi connectivity index (χ0n) is 17.6. The molecule has 4 rings (SSSR count). The number of aryl methyl sites for hydroxylation is 1. The molecule has 0 amide bonds. The van der Waals surface area contributed by atoms with Gasteiger partial charge in [0.05, 0.1) is 39.3 Å². The van der Waals surface area contributed by atoms with Gasteiger partial charge in [-0.15, -0.1) is 11.3 Å². The number of nitrogens with two attached hydrogens (primary N) is 1. The van der Waals surface area contributed by atoms with E-state index in [1.165, 1.54) is 18.4 Å². The maximum atomic E-state index is 11.7. The SMILES string of the molecule is COc1cc(N=Nc2ccc(-c3nc4ccc(C)c(S(=O)(=O)[O-])c4s3)cc2)ccc1N.[Na+]. The van der Waals surface area contributed by atoms with Crippen molar-refractivity contribution in [2.24, 2.45) is 10.2 Å². The van der Waals surface area contributed by atoms with Crippen LogP contribution in [-0.4, -0.2) is 25.1 Å². The topological polar surface area (TPSA) is 130 Å². The predicted octanol–water partition coefficient (Wildman–Crippen LogP) is 2.19. The fourth-order valence-electron chi connectivity index (χ4n) is 3.05. The number of benzene rings is 3. The van der Waals surface area contributed by atoms with E-state index in [0.717, 1.165) is 5.56 Å². The van der Waals surface area contributed by atoms with Crippen LogP contribution in [0.2, 0.25) is 0 Å². The van der Waals surface area contributed by atoms with Gasteiger partial charge in [-0.2, -0.15) is 10.2 Å². The monoisotopic (exact) mass is 476 g/mol. The van der Waals surface area contributed by atoms with E-state index in [-0.39, 0.29) is 34.5 Å². The number of hydrogen-bond donors (Lipinski definition) is 1. The summed E-state index contributed by atoms with van der Waals surface area (Å²) in [5.41, 5.74) is 9.20. The van der Waals surface area contributed by atoms with Crippen LogP contribution in [0, 0.1) is 6.92 Å². The third kappa shape index (κ3) is 5.01. The summed E-state index contributed by atoms with van der Waals surface area (Å²) in [6, 6.07) is 15.6. The molecule has 1 heterocycles. The normalized spacial score (nSPS) is 11.6. The van der Waals surface area contributed by atoms with Gasteiger partial charge >= 0.3 is 29.6 Å². The number of ether oxygens (including phenoxy) is 1. The van der Waals surface area contributed by atoms with Crippen LogP contribution >= 0.6 is 11.3 Å². The number of aromatic nitrogens is 1. The summed E-state index contributed by atoms with van der Waals surface area (Å²) in [5, 5.41) is 9.00. The van der Waals surface area contributed by atoms with Gasteiger partial charge in [-0.3, -0.25) is 0 Å². The van der Waals surface area contributed by atoms with E-state index in [1.807, 2.05) is 12.1 Å². The van der Waals surface area contributed by atoms with Crippen LogP contribution in [0.4, 0.5) is 17.1 Å². The van der Waals surface area contributed by atoms with Crippen molar-refractivity contribution in [1.82, 2.24) is 4.98 Å². The Balaban J connectivity index is 0.00000289. The summed E-state index contributed by atoms with van der Waals surface area (Å²) in [4.78, 5) is 4.27. The molecule has 158 valence electrons. The summed E-state index contributed by atoms with van der Waals surface area (Å²) < 4.78 is 40.6. The van der Waals surface area contributed by atoms with E-state index in [2.05, 4.69) is 15.2 Å². The number of fused-ring (bicyclic) bond motifs is 1. The maximum Gasteiger partial charge on any atom is 1.00 e. The van der Waals surface area contributed by atoms with Crippen molar-refractivity contribution < 1.29 is 47.3 Å². The summed E-state index contributed by atoms with van der Waals surface area (Å²) in [6.07, 6.45) is 0. The molecule has 1 aromatic heterocycles. The summed E-state index contributed by atoms with van der Waals surface area (Å²) in [6.45, 7) is 1.60. The van der Waals surface area contributed by atoms with Crippen molar-refractivity contribution in [3.8, 4) is 16.3 Å². The first-order valence-electron chi connectivity index (χ1n) is 9.08. The quantitative estimate of drug-likeness (QED) is 0.203. The first-order valence-corrected chi connectivity index (χ1v) is 11.3. The molecule has 0 atom stereocenters. The Morgan fingerprint density at radius 2 is 1.69 bits per heavy atom. The van der Waals surface area contributed by atoms with Crippen LogP contribution in [0.25, 0.3) is 20.8 Å². The average Bonchev–Trinajstić information content (AvgIpc) is 3.16. The molecule has 0 radical (unpaired) electrons. The molecule has 4 aromatic rings. The van der Waals surface area contributed by atoms with E-state index >= 15 is 0 Å². The maximum absolute atomic E-state index is 11.7. The van der Waals surface area contributed by atoms with Gasteiger partial charge in [-0.25, -0.2) is 13.4 Å². The Hall–Kier alpha value is -2.34. The molecule has 0 saturated carbocycles. The number of anilines is 1. The summed E-state index contributed by atoms with van der Waals surface area (Å²) >= 11 is 1.17. The minimum absolute atomic E-state index is 0. The zero-order chi connectivity index (χ0) is 22.2. The van der Waals surface area contributed by atoms with E-state index in [1.54, 1.807) is 49.4 Å². The van der Waals surface area contributed by atoms with E-state index in [9.17, 15) is 13.0 Å². The number of nitrogens with zero attached hydrogens (tertiary/aromatic N) is 3. The minimum atomic E-state index is -4.60. The van der Waals surface area contributed by atoms with Gasteiger partial charge in [-0.1, -0.05) is 6.07 Å². The fraction of sp³-hybridized carbons (Fsp3) is 0.0952. The van der Waals surface area contributed by atoms with E-state index in [0.29, 0.717) is 43.6 Å². The molecule has 0 spiro atoms. The molecule has 0 aliphatic carbocycles. The Kier molecular flexibility index (Phi) is 7.33. The standard InChI is InChI=1S/C21H18N4O4S2.Na/c1-12-3-10-17-19(20(12)31(26,27)28)30-21(23-17)13-4-6-14(7-5-13)24-25-15-8-9-16(22)18(11-15)29-2;/h3-11H,22H2,1-2H3,(H,26,27,28);/q;+1/p-1. The number of nitrogen functional groups attached to an aromatic ring is 1. The van der Waals surface area contributed by atoms with Crippen molar-refractivity contribution in [3.05, 3.63) is 60.2 Å². The molecule has 32 heavy (non-hydrogen) atoms. The number of rotatable bonds is 5. The molecule has 2 N–H and O–H groups in total. The van der Waals surface area contributed by atoms with Crippen LogP contribution in [0.3, 0.4) is 0 Å². The average molecular weight is 477 g/mol. The summed E-state index contributed by atoms with van der Waals surface area (Å²) in [7, 11) is -3.07. The third-order valence-corrected chi connectivity index (χ3v) is 6.86. The van der Waals surface area contributed by atoms with Crippen LogP contribution in [-0.2, 0) is 10.1 Å². The number of thiazole rings is 1. The molecule has 0 unspecified atom stereocenters. The van der Waals surface area contributed by atoms with Gasteiger partial charge in [0.2, 0.25) is 0 Å². The minimum Gasteiger partial charge on any atom is -0.744 e. The van der Waals surface area contributed by atoms with E-state index < -0.39 is 10.1 Å². The van der Waals surface area contributed by atoms with Gasteiger partial charge < -0.3 is 15.0 Å². The second-order valence-electron chi connectivity index (χ2n) is 6.71. The van der Waals surface area contributed by atoms with Crippen molar-refractivity contribution in [2.75, 3.05) is 12.8 Å². The molecule has 11 heteroatoms. The van der Waals surface area contributed by atoms with Crippen molar-refractivity contribution in [3.63, 3.8) is 0 Å². The third-order valence-electron chi connectivity index (χ3n) is 4.57. The van der Waals surface area contributed by atoms with Crippen LogP contribution in [0.15, 0.2) is 69.7 Å². The predicted molar refractivity (Wildman–Crippen MR) is 119 cm³/mol. The Morgan fingerprint density at radius 1 is 1.03 bits per heavy atom. The van der Waals surface area contributed by atoms with Gasteiger partial charge in [0.1, 0.15) is 20.9 Å². The number of hydrogen-bond acceptors (Lipinski definition) is 9. The Bertz CT molecular complexity index is 1420. The van der Waals surface area contributed by atoms with Crippen molar-refractivity contribution in [1.29, 1.82) is 0 Å². The second kappa shape index (κ2) is 9.65. The first kappa shape index (κ1) is 24.3. The van der Waals surface area contributed by atoms with Gasteiger partial charge in [0.25, 0.3) is 0 Å². The first-order chi connectivity index (χ1) is 14.8. The fourth-order valence-corrected chi connectivity index (χ4v) is 5.34. The van der Waals surface area contributed by atoms with Gasteiger partial charge in [0, 0.05) is 11.6 Å². The van der Waals surface area contributed by atoms with Gasteiger partial charge in [-0.05, 0) is 55.0 Å². The number of azo groups is 1. The Labute approximate surface area is 211 Å². The van der Waals surface area contributed by atoms with Crippen molar-refractivity contribution >= 4 is 48.7 Å².